The fraction of sp³-hybridized carbons (Fsp3) is 0.286. The summed E-state index contributed by atoms with van der Waals surface area (Å²) in [6.07, 6.45) is 3.08. The van der Waals surface area contributed by atoms with Crippen LogP contribution in [0.25, 0.3) is 0 Å². The highest BCUT2D eigenvalue weighted by atomic mass is 16.3. The molecule has 2 heterocycles. The van der Waals surface area contributed by atoms with Gasteiger partial charge in [0.05, 0.1) is 12.9 Å². The summed E-state index contributed by atoms with van der Waals surface area (Å²) in [5.41, 5.74) is 0.480. The summed E-state index contributed by atoms with van der Waals surface area (Å²) >= 11 is 0. The van der Waals surface area contributed by atoms with Gasteiger partial charge in [0.1, 0.15) is 17.6 Å². The van der Waals surface area contributed by atoms with Crippen LogP contribution in [0, 0.1) is 0 Å². The van der Waals surface area contributed by atoms with Crippen LogP contribution in [-0.4, -0.2) is 36.7 Å². The van der Waals surface area contributed by atoms with Crippen molar-refractivity contribution in [1.82, 2.24) is 10.3 Å². The molecule has 6 nitrogen and oxygen atoms in total. The summed E-state index contributed by atoms with van der Waals surface area (Å²) in [4.78, 5) is 18.1. The molecule has 0 radical (unpaired) electrons. The molecule has 0 fully saturated rings. The number of hydrogen-bond acceptors (Lipinski definition) is 5. The van der Waals surface area contributed by atoms with Crippen molar-refractivity contribution in [2.75, 3.05) is 25.6 Å². The molecule has 0 saturated heterocycles. The first-order valence-corrected chi connectivity index (χ1v) is 6.20. The highest BCUT2D eigenvalue weighted by Gasteiger charge is 2.17. The number of pyridine rings is 1. The number of hydrogen-bond donors (Lipinski definition) is 2. The van der Waals surface area contributed by atoms with E-state index in [9.17, 15) is 9.90 Å². The number of rotatable bonds is 5. The molecule has 20 heavy (non-hydrogen) atoms. The van der Waals surface area contributed by atoms with Gasteiger partial charge in [-0.2, -0.15) is 0 Å². The van der Waals surface area contributed by atoms with Gasteiger partial charge in [-0.25, -0.2) is 4.98 Å². The van der Waals surface area contributed by atoms with Crippen LogP contribution in [0.15, 0.2) is 41.1 Å². The predicted octanol–water partition coefficient (Wildman–Crippen LogP) is 1.20. The Hall–Kier alpha value is -2.34. The number of aliphatic hydroxyl groups is 1. The lowest BCUT2D eigenvalue weighted by atomic mass is 10.2. The number of furan rings is 1. The van der Waals surface area contributed by atoms with Crippen molar-refractivity contribution in [3.05, 3.63) is 48.0 Å². The SMILES string of the molecule is CN(C)c1cc(C(=O)NC(CO)c2ccco2)ccn1. The fourth-order valence-electron chi connectivity index (χ4n) is 1.74. The van der Waals surface area contributed by atoms with E-state index < -0.39 is 6.04 Å². The largest absolute Gasteiger partial charge is 0.467 e. The van der Waals surface area contributed by atoms with Gasteiger partial charge in [0.15, 0.2) is 0 Å². The molecule has 0 aliphatic rings. The van der Waals surface area contributed by atoms with Crippen molar-refractivity contribution >= 4 is 11.7 Å². The van der Waals surface area contributed by atoms with Gasteiger partial charge in [-0.1, -0.05) is 0 Å². The molecule has 1 atom stereocenters. The van der Waals surface area contributed by atoms with Crippen LogP contribution >= 0.6 is 0 Å². The fourth-order valence-corrected chi connectivity index (χ4v) is 1.74. The zero-order valence-corrected chi connectivity index (χ0v) is 11.4. The van der Waals surface area contributed by atoms with Crippen LogP contribution in [0.2, 0.25) is 0 Å². The van der Waals surface area contributed by atoms with E-state index in [0.717, 1.165) is 0 Å². The second kappa shape index (κ2) is 6.21. The maximum Gasteiger partial charge on any atom is 0.252 e. The Labute approximate surface area is 117 Å². The Bertz CT molecular complexity index is 567. The van der Waals surface area contributed by atoms with Crippen LogP contribution in [-0.2, 0) is 0 Å². The minimum Gasteiger partial charge on any atom is -0.467 e. The molecule has 0 aliphatic carbocycles. The molecule has 0 spiro atoms. The van der Waals surface area contributed by atoms with Crippen LogP contribution in [0.3, 0.4) is 0 Å². The van der Waals surface area contributed by atoms with Crippen molar-refractivity contribution in [2.45, 2.75) is 6.04 Å². The lowest BCUT2D eigenvalue weighted by Crippen LogP contribution is -2.30. The summed E-state index contributed by atoms with van der Waals surface area (Å²) in [5.74, 6) is 0.921. The van der Waals surface area contributed by atoms with Crippen molar-refractivity contribution in [3.63, 3.8) is 0 Å². The van der Waals surface area contributed by atoms with Crippen molar-refractivity contribution in [1.29, 1.82) is 0 Å². The Kier molecular flexibility index (Phi) is 4.37. The lowest BCUT2D eigenvalue weighted by molar-refractivity contribution is 0.0907. The van der Waals surface area contributed by atoms with Gasteiger partial charge >= 0.3 is 0 Å². The number of amides is 1. The van der Waals surface area contributed by atoms with Gasteiger partial charge in [0.2, 0.25) is 0 Å². The summed E-state index contributed by atoms with van der Waals surface area (Å²) in [6, 6.07) is 6.17. The third-order valence-electron chi connectivity index (χ3n) is 2.84. The molecule has 2 aromatic heterocycles. The van der Waals surface area contributed by atoms with Crippen LogP contribution in [0.4, 0.5) is 5.82 Å². The van der Waals surface area contributed by atoms with E-state index >= 15 is 0 Å². The monoisotopic (exact) mass is 275 g/mol. The number of carbonyl (C=O) groups excluding carboxylic acids is 1. The van der Waals surface area contributed by atoms with E-state index in [1.165, 1.54) is 6.26 Å². The summed E-state index contributed by atoms with van der Waals surface area (Å²) in [6.45, 7) is -0.231. The summed E-state index contributed by atoms with van der Waals surface area (Å²) in [5, 5.41) is 12.1. The number of nitrogens with one attached hydrogen (secondary N) is 1. The number of anilines is 1. The maximum atomic E-state index is 12.2. The molecule has 6 heteroatoms. The smallest absolute Gasteiger partial charge is 0.252 e. The summed E-state index contributed by atoms with van der Waals surface area (Å²) in [7, 11) is 3.70. The third-order valence-corrected chi connectivity index (χ3v) is 2.84. The van der Waals surface area contributed by atoms with Crippen molar-refractivity contribution < 1.29 is 14.3 Å². The standard InChI is InChI=1S/C14H17N3O3/c1-17(2)13-8-10(5-6-15-13)14(19)16-11(9-18)12-4-3-7-20-12/h3-8,11,18H,9H2,1-2H3,(H,16,19). The van der Waals surface area contributed by atoms with E-state index in [4.69, 9.17) is 4.42 Å². The first-order valence-electron chi connectivity index (χ1n) is 6.20. The number of aliphatic hydroxyl groups excluding tert-OH is 1. The Morgan fingerprint density at radius 1 is 1.50 bits per heavy atom. The highest BCUT2D eigenvalue weighted by molar-refractivity contribution is 5.95. The zero-order chi connectivity index (χ0) is 14.5. The normalized spacial score (nSPS) is 11.9. The first-order chi connectivity index (χ1) is 9.61. The van der Waals surface area contributed by atoms with E-state index in [2.05, 4.69) is 10.3 Å². The Morgan fingerprint density at radius 3 is 2.90 bits per heavy atom. The molecule has 2 rings (SSSR count). The number of nitrogens with zero attached hydrogens (tertiary/aromatic N) is 2. The molecular weight excluding hydrogens is 258 g/mol. The quantitative estimate of drug-likeness (QED) is 0.857. The number of carbonyl (C=O) groups is 1. The van der Waals surface area contributed by atoms with Crippen LogP contribution in [0.5, 0.6) is 0 Å². The van der Waals surface area contributed by atoms with Gasteiger partial charge < -0.3 is 19.7 Å². The molecule has 0 aliphatic heterocycles. The molecule has 2 N–H and O–H groups in total. The molecule has 1 amide bonds. The topological polar surface area (TPSA) is 78.6 Å². The maximum absolute atomic E-state index is 12.2. The lowest BCUT2D eigenvalue weighted by Gasteiger charge is -2.15. The van der Waals surface area contributed by atoms with Crippen molar-refractivity contribution in [2.24, 2.45) is 0 Å². The Balaban J connectivity index is 2.13. The average molecular weight is 275 g/mol. The molecular formula is C14H17N3O3. The molecule has 0 saturated carbocycles. The Morgan fingerprint density at radius 2 is 2.30 bits per heavy atom. The molecule has 0 bridgehead atoms. The van der Waals surface area contributed by atoms with E-state index in [1.54, 1.807) is 30.5 Å². The van der Waals surface area contributed by atoms with Crippen LogP contribution < -0.4 is 10.2 Å². The second-order valence-corrected chi connectivity index (χ2v) is 4.52. The third kappa shape index (κ3) is 3.16. The van der Waals surface area contributed by atoms with Gasteiger partial charge in [-0.3, -0.25) is 4.79 Å². The molecule has 2 aromatic rings. The van der Waals surface area contributed by atoms with E-state index in [0.29, 0.717) is 17.1 Å². The second-order valence-electron chi connectivity index (χ2n) is 4.52. The highest BCUT2D eigenvalue weighted by Crippen LogP contribution is 2.15. The molecule has 106 valence electrons. The minimum atomic E-state index is -0.562. The van der Waals surface area contributed by atoms with Crippen LogP contribution in [0.1, 0.15) is 22.2 Å². The average Bonchev–Trinajstić information content (AvgIpc) is 2.98. The minimum absolute atomic E-state index is 0.231. The first kappa shape index (κ1) is 14.1. The van der Waals surface area contributed by atoms with Gasteiger partial charge in [-0.15, -0.1) is 0 Å². The van der Waals surface area contributed by atoms with Crippen molar-refractivity contribution in [3.8, 4) is 0 Å². The molecule has 1 unspecified atom stereocenters. The van der Waals surface area contributed by atoms with Gasteiger partial charge in [-0.05, 0) is 24.3 Å². The van der Waals surface area contributed by atoms with Gasteiger partial charge in [0.25, 0.3) is 5.91 Å². The predicted molar refractivity (Wildman–Crippen MR) is 74.6 cm³/mol. The number of aromatic nitrogens is 1. The summed E-state index contributed by atoms with van der Waals surface area (Å²) < 4.78 is 5.19. The van der Waals surface area contributed by atoms with Gasteiger partial charge in [0, 0.05) is 25.9 Å². The molecule has 0 aromatic carbocycles. The van der Waals surface area contributed by atoms with E-state index in [1.807, 2.05) is 19.0 Å². The van der Waals surface area contributed by atoms with E-state index in [-0.39, 0.29) is 12.5 Å². The zero-order valence-electron chi connectivity index (χ0n) is 11.4.